The topological polar surface area (TPSA) is 89.9 Å². The minimum absolute atomic E-state index is 0.141. The van der Waals surface area contributed by atoms with Crippen LogP contribution in [-0.4, -0.2) is 31.0 Å². The number of hydrogen-bond acceptors (Lipinski definition) is 6. The summed E-state index contributed by atoms with van der Waals surface area (Å²) in [4.78, 5) is 7.90. The number of hydrogen-bond donors (Lipinski definition) is 2. The average molecular weight is 405 g/mol. The number of fused-ring (bicyclic) bond motifs is 1. The number of pyridine rings is 1. The summed E-state index contributed by atoms with van der Waals surface area (Å²) in [5, 5.41) is 14.3. The molecule has 1 atom stereocenters. The summed E-state index contributed by atoms with van der Waals surface area (Å²) in [7, 11) is 0. The van der Waals surface area contributed by atoms with Gasteiger partial charge in [0, 0.05) is 12.4 Å². The van der Waals surface area contributed by atoms with E-state index in [4.69, 9.17) is 5.73 Å². The van der Waals surface area contributed by atoms with Crippen molar-refractivity contribution in [2.75, 3.05) is 5.73 Å². The van der Waals surface area contributed by atoms with E-state index < -0.39 is 22.3 Å². The van der Waals surface area contributed by atoms with Gasteiger partial charge in [-0.15, -0.1) is 11.3 Å². The number of nitrogens with two attached hydrogens (primary N) is 1. The minimum atomic E-state index is -5.04. The lowest BCUT2D eigenvalue weighted by Crippen LogP contribution is -2.43. The first-order valence-electron chi connectivity index (χ1n) is 8.16. The zero-order chi connectivity index (χ0) is 19.9. The lowest BCUT2D eigenvalue weighted by molar-refractivity contribution is -0.248. The van der Waals surface area contributed by atoms with Gasteiger partial charge in [0.2, 0.25) is 5.60 Å². The molecule has 3 heterocycles. The van der Waals surface area contributed by atoms with Gasteiger partial charge in [-0.3, -0.25) is 4.98 Å². The number of rotatable bonds is 4. The lowest BCUT2D eigenvalue weighted by atomic mass is 9.96. The molecule has 0 saturated heterocycles. The fourth-order valence-corrected chi connectivity index (χ4v) is 3.97. The number of aliphatic hydroxyl groups is 1. The predicted molar refractivity (Wildman–Crippen MR) is 98.7 cm³/mol. The van der Waals surface area contributed by atoms with E-state index in [2.05, 4.69) is 15.1 Å². The Balaban J connectivity index is 1.83. The molecule has 0 fully saturated rings. The number of nitrogen functional groups attached to an aromatic ring is 1. The van der Waals surface area contributed by atoms with Gasteiger partial charge in [-0.05, 0) is 29.8 Å². The Kier molecular flexibility index (Phi) is 4.31. The number of nitrogens with zero attached hydrogens (tertiary/aromatic N) is 4. The standard InChI is InChI=1S/C18H14F3N5OS/c19-18(20,21)17(27,16-25-13-3-1-2-4-14(13)28-16)12-9-24-26(15(12)22)10-11-5-7-23-8-6-11/h1-9,27H,10,22H2/t17-/m1/s1. The zero-order valence-electron chi connectivity index (χ0n) is 14.3. The van der Waals surface area contributed by atoms with Gasteiger partial charge in [-0.1, -0.05) is 12.1 Å². The molecule has 3 aromatic heterocycles. The third kappa shape index (κ3) is 2.90. The highest BCUT2D eigenvalue weighted by Crippen LogP contribution is 2.48. The van der Waals surface area contributed by atoms with Crippen molar-refractivity contribution in [3.05, 3.63) is 71.1 Å². The van der Waals surface area contributed by atoms with Crippen LogP contribution in [0.1, 0.15) is 16.1 Å². The van der Waals surface area contributed by atoms with Crippen molar-refractivity contribution in [3.63, 3.8) is 0 Å². The molecule has 0 spiro atoms. The second-order valence-corrected chi connectivity index (χ2v) is 7.18. The van der Waals surface area contributed by atoms with Crippen LogP contribution in [0.4, 0.5) is 19.0 Å². The summed E-state index contributed by atoms with van der Waals surface area (Å²) in [5.74, 6) is -0.282. The largest absolute Gasteiger partial charge is 0.428 e. The quantitative estimate of drug-likeness (QED) is 0.544. The Labute approximate surface area is 161 Å². The summed E-state index contributed by atoms with van der Waals surface area (Å²) in [6.45, 7) is 0.141. The van der Waals surface area contributed by atoms with Crippen LogP contribution in [0.5, 0.6) is 0 Å². The van der Waals surface area contributed by atoms with Gasteiger partial charge in [0.15, 0.2) is 0 Å². The van der Waals surface area contributed by atoms with Crippen LogP contribution in [0.25, 0.3) is 10.2 Å². The Morgan fingerprint density at radius 3 is 2.50 bits per heavy atom. The molecule has 0 aliphatic rings. The second-order valence-electron chi connectivity index (χ2n) is 6.15. The maximum atomic E-state index is 14.0. The number of thiazole rings is 1. The van der Waals surface area contributed by atoms with Crippen molar-refractivity contribution >= 4 is 27.4 Å². The normalized spacial score (nSPS) is 14.3. The van der Waals surface area contributed by atoms with Crippen LogP contribution in [-0.2, 0) is 12.1 Å². The molecule has 0 bridgehead atoms. The van der Waals surface area contributed by atoms with Crippen molar-refractivity contribution < 1.29 is 18.3 Å². The van der Waals surface area contributed by atoms with Crippen LogP contribution in [0.2, 0.25) is 0 Å². The molecular weight excluding hydrogens is 391 g/mol. The maximum Gasteiger partial charge on any atom is 0.428 e. The van der Waals surface area contributed by atoms with Crippen LogP contribution in [0.3, 0.4) is 0 Å². The summed E-state index contributed by atoms with van der Waals surface area (Å²) >= 11 is 0.766. The number of para-hydroxylation sites is 1. The van der Waals surface area contributed by atoms with Gasteiger partial charge in [-0.25, -0.2) is 9.67 Å². The van der Waals surface area contributed by atoms with Gasteiger partial charge in [-0.2, -0.15) is 18.3 Å². The first-order valence-corrected chi connectivity index (χ1v) is 8.98. The molecule has 0 radical (unpaired) electrons. The van der Waals surface area contributed by atoms with Crippen molar-refractivity contribution in [1.29, 1.82) is 0 Å². The monoisotopic (exact) mass is 405 g/mol. The van der Waals surface area contributed by atoms with Crippen LogP contribution in [0.15, 0.2) is 55.0 Å². The maximum absolute atomic E-state index is 14.0. The SMILES string of the molecule is Nc1c([C@@](O)(c2nc3ccccc3s2)C(F)(F)F)cnn1Cc1ccncc1. The van der Waals surface area contributed by atoms with Crippen molar-refractivity contribution in [2.45, 2.75) is 18.3 Å². The van der Waals surface area contributed by atoms with Gasteiger partial charge in [0.05, 0.1) is 28.5 Å². The first kappa shape index (κ1) is 18.4. The molecule has 28 heavy (non-hydrogen) atoms. The molecule has 1 aromatic carbocycles. The van der Waals surface area contributed by atoms with Gasteiger partial charge in [0.1, 0.15) is 10.8 Å². The van der Waals surface area contributed by atoms with E-state index in [-0.39, 0.29) is 12.4 Å². The molecule has 3 N–H and O–H groups in total. The van der Waals surface area contributed by atoms with Crippen LogP contribution < -0.4 is 5.73 Å². The minimum Gasteiger partial charge on any atom is -0.384 e. The van der Waals surface area contributed by atoms with Crippen molar-refractivity contribution in [1.82, 2.24) is 19.7 Å². The fourth-order valence-electron chi connectivity index (χ4n) is 2.88. The predicted octanol–water partition coefficient (Wildman–Crippen LogP) is 3.32. The average Bonchev–Trinajstić information content (AvgIpc) is 3.26. The van der Waals surface area contributed by atoms with Crippen molar-refractivity contribution in [2.24, 2.45) is 0 Å². The summed E-state index contributed by atoms with van der Waals surface area (Å²) < 4.78 is 43.8. The Morgan fingerprint density at radius 2 is 1.82 bits per heavy atom. The van der Waals surface area contributed by atoms with E-state index in [1.54, 1.807) is 48.8 Å². The third-order valence-electron chi connectivity index (χ3n) is 4.37. The van der Waals surface area contributed by atoms with Crippen LogP contribution in [0, 0.1) is 0 Å². The van der Waals surface area contributed by atoms with Crippen molar-refractivity contribution in [3.8, 4) is 0 Å². The van der Waals surface area contributed by atoms with E-state index in [9.17, 15) is 18.3 Å². The van der Waals surface area contributed by atoms with E-state index in [0.29, 0.717) is 10.2 Å². The van der Waals surface area contributed by atoms with Gasteiger partial charge >= 0.3 is 6.18 Å². The van der Waals surface area contributed by atoms with Gasteiger partial charge in [0.25, 0.3) is 0 Å². The number of anilines is 1. The molecule has 10 heteroatoms. The highest BCUT2D eigenvalue weighted by Gasteiger charge is 2.60. The number of aromatic nitrogens is 4. The molecule has 4 rings (SSSR count). The smallest absolute Gasteiger partial charge is 0.384 e. The van der Waals surface area contributed by atoms with E-state index >= 15 is 0 Å². The molecule has 0 saturated carbocycles. The number of benzene rings is 1. The van der Waals surface area contributed by atoms with E-state index in [0.717, 1.165) is 23.1 Å². The van der Waals surface area contributed by atoms with E-state index in [1.165, 1.54) is 4.68 Å². The second kappa shape index (κ2) is 6.57. The molecule has 0 unspecified atom stereocenters. The first-order chi connectivity index (χ1) is 13.3. The molecule has 6 nitrogen and oxygen atoms in total. The summed E-state index contributed by atoms with van der Waals surface area (Å²) in [6.07, 6.45) is -0.984. The highest BCUT2D eigenvalue weighted by atomic mass is 32.1. The molecule has 0 aliphatic heterocycles. The van der Waals surface area contributed by atoms with E-state index in [1.807, 2.05) is 0 Å². The molecule has 144 valence electrons. The Bertz CT molecular complexity index is 1090. The summed E-state index contributed by atoms with van der Waals surface area (Å²) in [5.41, 5.74) is 3.18. The number of halogens is 3. The lowest BCUT2D eigenvalue weighted by Gasteiger charge is -2.28. The Hall–Kier alpha value is -2.98. The highest BCUT2D eigenvalue weighted by molar-refractivity contribution is 7.18. The molecule has 0 aliphatic carbocycles. The Morgan fingerprint density at radius 1 is 1.11 bits per heavy atom. The molecule has 0 amide bonds. The molecular formula is C18H14F3N5OS. The summed E-state index contributed by atoms with van der Waals surface area (Å²) in [6, 6.07) is 9.98. The van der Waals surface area contributed by atoms with Crippen LogP contribution >= 0.6 is 11.3 Å². The number of alkyl halides is 3. The third-order valence-corrected chi connectivity index (χ3v) is 5.51. The molecule has 4 aromatic rings. The van der Waals surface area contributed by atoms with Gasteiger partial charge < -0.3 is 10.8 Å². The fraction of sp³-hybridized carbons (Fsp3) is 0.167. The zero-order valence-corrected chi connectivity index (χ0v) is 15.1.